The number of aryl methyl sites for hydroxylation is 1. The third-order valence-corrected chi connectivity index (χ3v) is 3.82. The Morgan fingerprint density at radius 3 is 2.87 bits per heavy atom. The summed E-state index contributed by atoms with van der Waals surface area (Å²) in [6.07, 6.45) is 5.16. The van der Waals surface area contributed by atoms with Crippen LogP contribution in [-0.4, -0.2) is 5.78 Å². The first-order chi connectivity index (χ1) is 7.20. The lowest BCUT2D eigenvalue weighted by molar-refractivity contribution is 0.103. The van der Waals surface area contributed by atoms with Gasteiger partial charge in [-0.3, -0.25) is 4.79 Å². The van der Waals surface area contributed by atoms with E-state index in [1.807, 2.05) is 25.1 Å². The largest absolute Gasteiger partial charge is 0.289 e. The van der Waals surface area contributed by atoms with Gasteiger partial charge in [0.25, 0.3) is 0 Å². The first kappa shape index (κ1) is 10.6. The average molecular weight is 265 g/mol. The smallest absolute Gasteiger partial charge is 0.189 e. The van der Waals surface area contributed by atoms with E-state index in [0.29, 0.717) is 0 Å². The molecule has 15 heavy (non-hydrogen) atoms. The maximum Gasteiger partial charge on any atom is 0.189 e. The van der Waals surface area contributed by atoms with Crippen LogP contribution >= 0.6 is 15.9 Å². The summed E-state index contributed by atoms with van der Waals surface area (Å²) in [6.45, 7) is 2.00. The molecule has 2 heteroatoms. The van der Waals surface area contributed by atoms with Crippen molar-refractivity contribution in [2.45, 2.75) is 26.2 Å². The number of carbonyl (C=O) groups is 1. The minimum atomic E-state index is 0.183. The van der Waals surface area contributed by atoms with Gasteiger partial charge in [0.05, 0.1) is 0 Å². The van der Waals surface area contributed by atoms with Crippen molar-refractivity contribution < 1.29 is 4.79 Å². The highest BCUT2D eigenvalue weighted by atomic mass is 79.9. The summed E-state index contributed by atoms with van der Waals surface area (Å²) in [5.74, 6) is 0.183. The number of allylic oxidation sites excluding steroid dienone is 2. The van der Waals surface area contributed by atoms with Crippen LogP contribution in [0.25, 0.3) is 0 Å². The monoisotopic (exact) mass is 264 g/mol. The van der Waals surface area contributed by atoms with Gasteiger partial charge in [-0.05, 0) is 59.3 Å². The van der Waals surface area contributed by atoms with Crippen LogP contribution in [-0.2, 0) is 0 Å². The van der Waals surface area contributed by atoms with Gasteiger partial charge in [0, 0.05) is 10.0 Å². The van der Waals surface area contributed by atoms with Crippen LogP contribution in [0.3, 0.4) is 0 Å². The molecular weight excluding hydrogens is 252 g/mol. The lowest BCUT2D eigenvalue weighted by atomic mass is 10.0. The molecule has 1 nitrogen and oxygen atoms in total. The van der Waals surface area contributed by atoms with Crippen molar-refractivity contribution >= 4 is 21.7 Å². The molecule has 0 N–H and O–H groups in total. The van der Waals surface area contributed by atoms with Crippen molar-refractivity contribution in [3.8, 4) is 0 Å². The molecule has 0 amide bonds. The summed E-state index contributed by atoms with van der Waals surface area (Å²) in [5.41, 5.74) is 2.88. The fourth-order valence-electron chi connectivity index (χ4n) is 1.87. The molecule has 0 heterocycles. The standard InChI is InChI=1S/C13H13BrO/c1-9-5-4-8-11(12(9)14)13(15)10-6-2-3-7-10/h4-6,8H,2-3,7H2,1H3. The van der Waals surface area contributed by atoms with Crippen molar-refractivity contribution in [2.24, 2.45) is 0 Å². The number of carbonyl (C=O) groups excluding carboxylic acids is 1. The van der Waals surface area contributed by atoms with Gasteiger partial charge < -0.3 is 0 Å². The lowest BCUT2D eigenvalue weighted by Crippen LogP contribution is -2.03. The topological polar surface area (TPSA) is 17.1 Å². The molecule has 1 aliphatic carbocycles. The number of halogens is 1. The Morgan fingerprint density at radius 2 is 2.20 bits per heavy atom. The molecule has 0 atom stereocenters. The minimum Gasteiger partial charge on any atom is -0.289 e. The van der Waals surface area contributed by atoms with Gasteiger partial charge >= 0.3 is 0 Å². The van der Waals surface area contributed by atoms with Crippen molar-refractivity contribution in [1.29, 1.82) is 0 Å². The van der Waals surface area contributed by atoms with Gasteiger partial charge in [-0.2, -0.15) is 0 Å². The molecule has 0 fully saturated rings. The van der Waals surface area contributed by atoms with E-state index in [4.69, 9.17) is 0 Å². The molecule has 2 rings (SSSR count). The highest BCUT2D eigenvalue weighted by Gasteiger charge is 2.17. The first-order valence-corrected chi connectivity index (χ1v) is 5.98. The fourth-order valence-corrected chi connectivity index (χ4v) is 2.32. The Balaban J connectivity index is 2.37. The highest BCUT2D eigenvalue weighted by Crippen LogP contribution is 2.27. The number of hydrogen-bond acceptors (Lipinski definition) is 1. The predicted octanol–water partition coefficient (Wildman–Crippen LogP) is 4.05. The van der Waals surface area contributed by atoms with Crippen LogP contribution in [0, 0.1) is 6.92 Å². The van der Waals surface area contributed by atoms with E-state index in [1.54, 1.807) is 0 Å². The van der Waals surface area contributed by atoms with Crippen LogP contribution in [0.15, 0.2) is 34.3 Å². The highest BCUT2D eigenvalue weighted by molar-refractivity contribution is 9.10. The SMILES string of the molecule is Cc1cccc(C(=O)C2=CCCC2)c1Br. The molecule has 0 aromatic heterocycles. The van der Waals surface area contributed by atoms with Crippen molar-refractivity contribution in [2.75, 3.05) is 0 Å². The van der Waals surface area contributed by atoms with E-state index in [-0.39, 0.29) is 5.78 Å². The number of benzene rings is 1. The zero-order valence-electron chi connectivity index (χ0n) is 8.72. The maximum atomic E-state index is 12.1. The second-order valence-electron chi connectivity index (χ2n) is 3.89. The van der Waals surface area contributed by atoms with E-state index < -0.39 is 0 Å². The van der Waals surface area contributed by atoms with Gasteiger partial charge in [-0.25, -0.2) is 0 Å². The molecule has 0 spiro atoms. The summed E-state index contributed by atoms with van der Waals surface area (Å²) in [5, 5.41) is 0. The van der Waals surface area contributed by atoms with Gasteiger partial charge in [0.1, 0.15) is 0 Å². The van der Waals surface area contributed by atoms with Crippen LogP contribution in [0.4, 0.5) is 0 Å². The maximum absolute atomic E-state index is 12.1. The zero-order valence-corrected chi connectivity index (χ0v) is 10.3. The quantitative estimate of drug-likeness (QED) is 0.737. The lowest BCUT2D eigenvalue weighted by Gasteiger charge is -2.06. The molecule has 0 unspecified atom stereocenters. The van der Waals surface area contributed by atoms with E-state index in [2.05, 4.69) is 22.0 Å². The molecule has 0 saturated carbocycles. The predicted molar refractivity (Wildman–Crippen MR) is 65.1 cm³/mol. The van der Waals surface area contributed by atoms with Crippen LogP contribution in [0.1, 0.15) is 35.2 Å². The summed E-state index contributed by atoms with van der Waals surface area (Å²) >= 11 is 3.48. The third kappa shape index (κ3) is 2.05. The Kier molecular flexibility index (Phi) is 3.06. The Morgan fingerprint density at radius 1 is 1.40 bits per heavy atom. The zero-order chi connectivity index (χ0) is 10.8. The molecule has 1 aromatic carbocycles. The molecule has 1 aromatic rings. The second kappa shape index (κ2) is 4.31. The second-order valence-corrected chi connectivity index (χ2v) is 4.68. The summed E-state index contributed by atoms with van der Waals surface area (Å²) in [6, 6.07) is 5.82. The number of hydrogen-bond donors (Lipinski definition) is 0. The summed E-state index contributed by atoms with van der Waals surface area (Å²) in [7, 11) is 0. The van der Waals surface area contributed by atoms with Gasteiger partial charge in [0.15, 0.2) is 5.78 Å². The molecule has 0 radical (unpaired) electrons. The molecule has 0 bridgehead atoms. The number of ketones is 1. The van der Waals surface area contributed by atoms with Gasteiger partial charge in [0.2, 0.25) is 0 Å². The van der Waals surface area contributed by atoms with Crippen molar-refractivity contribution in [3.63, 3.8) is 0 Å². The third-order valence-electron chi connectivity index (χ3n) is 2.77. The Hall–Kier alpha value is -0.890. The Labute approximate surface area is 98.3 Å². The number of Topliss-reactive ketones (excluding diaryl/α,β-unsaturated/α-hetero) is 1. The molecule has 0 saturated heterocycles. The molecule has 0 aliphatic heterocycles. The van der Waals surface area contributed by atoms with Crippen LogP contribution in [0.2, 0.25) is 0 Å². The van der Waals surface area contributed by atoms with Gasteiger partial charge in [-0.1, -0.05) is 18.2 Å². The van der Waals surface area contributed by atoms with E-state index in [1.165, 1.54) is 0 Å². The summed E-state index contributed by atoms with van der Waals surface area (Å²) in [4.78, 5) is 12.1. The van der Waals surface area contributed by atoms with Crippen molar-refractivity contribution in [3.05, 3.63) is 45.4 Å². The van der Waals surface area contributed by atoms with Crippen molar-refractivity contribution in [1.82, 2.24) is 0 Å². The number of rotatable bonds is 2. The van der Waals surface area contributed by atoms with E-state index in [9.17, 15) is 4.79 Å². The molecule has 78 valence electrons. The summed E-state index contributed by atoms with van der Waals surface area (Å²) < 4.78 is 0.933. The Bertz CT molecular complexity index is 432. The average Bonchev–Trinajstić information content (AvgIpc) is 2.74. The van der Waals surface area contributed by atoms with Crippen LogP contribution < -0.4 is 0 Å². The minimum absolute atomic E-state index is 0.183. The molecular formula is C13H13BrO. The fraction of sp³-hybridized carbons (Fsp3) is 0.308. The first-order valence-electron chi connectivity index (χ1n) is 5.19. The van der Waals surface area contributed by atoms with Crippen LogP contribution in [0.5, 0.6) is 0 Å². The van der Waals surface area contributed by atoms with E-state index in [0.717, 1.165) is 40.4 Å². The van der Waals surface area contributed by atoms with Gasteiger partial charge in [-0.15, -0.1) is 0 Å². The molecule has 1 aliphatic rings. The van der Waals surface area contributed by atoms with E-state index >= 15 is 0 Å². The normalized spacial score (nSPS) is 15.2.